The molecule has 2 aromatic heterocycles. The smallest absolute Gasteiger partial charge is 0.241 e. The van der Waals surface area contributed by atoms with E-state index in [-0.39, 0.29) is 23.0 Å². The van der Waals surface area contributed by atoms with Gasteiger partial charge in [0.15, 0.2) is 10.8 Å². The van der Waals surface area contributed by atoms with Gasteiger partial charge in [0.05, 0.1) is 19.2 Å². The van der Waals surface area contributed by atoms with Crippen molar-refractivity contribution in [2.75, 3.05) is 12.4 Å². The molecule has 142 valence electrons. The average molecular weight is 407 g/mol. The second-order valence-corrected chi connectivity index (χ2v) is 8.08. The van der Waals surface area contributed by atoms with Crippen molar-refractivity contribution in [3.63, 3.8) is 0 Å². The van der Waals surface area contributed by atoms with E-state index in [1.165, 1.54) is 36.6 Å². The maximum Gasteiger partial charge on any atom is 0.241 e. The fourth-order valence-electron chi connectivity index (χ4n) is 2.40. The zero-order valence-electron chi connectivity index (χ0n) is 14.6. The van der Waals surface area contributed by atoms with Crippen LogP contribution < -0.4 is 15.2 Å². The number of nitrogens with two attached hydrogens (primary N) is 1. The van der Waals surface area contributed by atoms with Crippen LogP contribution in [0.3, 0.4) is 0 Å². The average Bonchev–Trinajstić information content (AvgIpc) is 3.23. The Morgan fingerprint density at radius 1 is 1.33 bits per heavy atom. The second-order valence-electron chi connectivity index (χ2n) is 5.69. The van der Waals surface area contributed by atoms with E-state index in [0.29, 0.717) is 22.1 Å². The quantitative estimate of drug-likeness (QED) is 0.647. The van der Waals surface area contributed by atoms with E-state index in [9.17, 15) is 13.2 Å². The van der Waals surface area contributed by atoms with Gasteiger partial charge in [0.1, 0.15) is 16.4 Å². The van der Waals surface area contributed by atoms with Crippen molar-refractivity contribution in [2.45, 2.75) is 18.2 Å². The number of nitrogens with one attached hydrogen (secondary N) is 1. The Morgan fingerprint density at radius 2 is 2.11 bits per heavy atom. The zero-order chi connectivity index (χ0) is 19.6. The van der Waals surface area contributed by atoms with Gasteiger partial charge in [0.25, 0.3) is 0 Å². The largest absolute Gasteiger partial charge is 0.495 e. The van der Waals surface area contributed by atoms with Crippen LogP contribution in [-0.2, 0) is 21.2 Å². The van der Waals surface area contributed by atoms with Crippen molar-refractivity contribution in [3.8, 4) is 16.5 Å². The van der Waals surface area contributed by atoms with E-state index >= 15 is 0 Å². The first-order valence-corrected chi connectivity index (χ1v) is 10.2. The van der Waals surface area contributed by atoms with E-state index in [2.05, 4.69) is 10.3 Å². The van der Waals surface area contributed by atoms with Crippen molar-refractivity contribution in [1.29, 1.82) is 0 Å². The van der Waals surface area contributed by atoms with Crippen LogP contribution in [0.4, 0.5) is 5.69 Å². The second kappa shape index (κ2) is 7.51. The number of benzene rings is 1. The maximum absolute atomic E-state index is 12.3. The Balaban J connectivity index is 1.72. The predicted molar refractivity (Wildman–Crippen MR) is 101 cm³/mol. The summed E-state index contributed by atoms with van der Waals surface area (Å²) in [5.41, 5.74) is 0.878. The number of aromatic nitrogens is 1. The van der Waals surface area contributed by atoms with Crippen LogP contribution in [0.2, 0.25) is 0 Å². The number of furan rings is 1. The first-order valence-electron chi connectivity index (χ1n) is 7.78. The first kappa shape index (κ1) is 19.1. The predicted octanol–water partition coefficient (Wildman–Crippen LogP) is 2.55. The molecule has 3 rings (SSSR count). The topological polar surface area (TPSA) is 125 Å². The molecule has 0 fully saturated rings. The third kappa shape index (κ3) is 4.54. The minimum Gasteiger partial charge on any atom is -0.495 e. The number of rotatable bonds is 6. The van der Waals surface area contributed by atoms with E-state index in [1.54, 1.807) is 5.38 Å². The molecule has 0 spiro atoms. The van der Waals surface area contributed by atoms with Gasteiger partial charge in [-0.15, -0.1) is 11.3 Å². The molecule has 0 atom stereocenters. The molecule has 0 saturated carbocycles. The number of hydrogen-bond donors (Lipinski definition) is 2. The standard InChI is InChI=1S/C17H17N3O5S2/c1-10-3-5-14(25-10)17-20-12(9-26-17)8-16(21)19-11-4-6-13(24-2)15(7-11)27(18,22)23/h3-7,9H,8H2,1-2H3,(H,19,21)(H2,18,22,23). The third-order valence-electron chi connectivity index (χ3n) is 3.60. The summed E-state index contributed by atoms with van der Waals surface area (Å²) in [4.78, 5) is 16.5. The summed E-state index contributed by atoms with van der Waals surface area (Å²) >= 11 is 1.38. The maximum atomic E-state index is 12.3. The lowest BCUT2D eigenvalue weighted by molar-refractivity contribution is -0.115. The van der Waals surface area contributed by atoms with Crippen LogP contribution in [0.5, 0.6) is 5.75 Å². The summed E-state index contributed by atoms with van der Waals surface area (Å²) in [6.07, 6.45) is 0.0347. The first-order chi connectivity index (χ1) is 12.8. The molecule has 3 N–H and O–H groups in total. The van der Waals surface area contributed by atoms with E-state index < -0.39 is 10.0 Å². The van der Waals surface area contributed by atoms with Crippen LogP contribution in [0.25, 0.3) is 10.8 Å². The number of amides is 1. The van der Waals surface area contributed by atoms with Gasteiger partial charge in [0.2, 0.25) is 15.9 Å². The fourth-order valence-corrected chi connectivity index (χ4v) is 3.90. The highest BCUT2D eigenvalue weighted by Crippen LogP contribution is 2.27. The number of thiazole rings is 1. The number of sulfonamides is 1. The number of carbonyl (C=O) groups excluding carboxylic acids is 1. The molecule has 0 radical (unpaired) electrons. The minimum atomic E-state index is -3.99. The normalized spacial score (nSPS) is 11.4. The molecular weight excluding hydrogens is 390 g/mol. The van der Waals surface area contributed by atoms with E-state index in [0.717, 1.165) is 5.76 Å². The lowest BCUT2D eigenvalue weighted by Gasteiger charge is -2.10. The molecule has 27 heavy (non-hydrogen) atoms. The summed E-state index contributed by atoms with van der Waals surface area (Å²) in [6, 6.07) is 7.88. The van der Waals surface area contributed by atoms with Gasteiger partial charge in [0, 0.05) is 11.1 Å². The molecule has 3 aromatic rings. The summed E-state index contributed by atoms with van der Waals surface area (Å²) in [7, 11) is -2.65. The number of aryl methyl sites for hydroxylation is 1. The SMILES string of the molecule is COc1ccc(NC(=O)Cc2csc(-c3ccc(C)o3)n2)cc1S(N)(=O)=O. The van der Waals surface area contributed by atoms with E-state index in [1.807, 2.05) is 19.1 Å². The minimum absolute atomic E-state index is 0.0347. The number of nitrogens with zero attached hydrogens (tertiary/aromatic N) is 1. The number of carbonyl (C=O) groups is 1. The molecule has 0 aliphatic rings. The fraction of sp³-hybridized carbons (Fsp3) is 0.176. The molecular formula is C17H17N3O5S2. The lowest BCUT2D eigenvalue weighted by Crippen LogP contribution is -2.17. The Labute approximate surface area is 160 Å². The Kier molecular flexibility index (Phi) is 5.31. The van der Waals surface area contributed by atoms with Crippen LogP contribution in [0.1, 0.15) is 11.5 Å². The zero-order valence-corrected chi connectivity index (χ0v) is 16.2. The number of primary sulfonamides is 1. The number of hydrogen-bond acceptors (Lipinski definition) is 7. The van der Waals surface area contributed by atoms with Crippen LogP contribution in [0.15, 0.2) is 45.0 Å². The molecule has 10 heteroatoms. The number of ether oxygens (including phenoxy) is 1. The van der Waals surface area contributed by atoms with Crippen molar-refractivity contribution < 1.29 is 22.4 Å². The number of methoxy groups -OCH3 is 1. The van der Waals surface area contributed by atoms with E-state index in [4.69, 9.17) is 14.3 Å². The number of anilines is 1. The molecule has 8 nitrogen and oxygen atoms in total. The van der Waals surface area contributed by atoms with Crippen molar-refractivity contribution in [1.82, 2.24) is 4.98 Å². The van der Waals surface area contributed by atoms with Gasteiger partial charge in [-0.3, -0.25) is 4.79 Å². The summed E-state index contributed by atoms with van der Waals surface area (Å²) in [5.74, 6) is 1.20. The Bertz CT molecular complexity index is 1090. The molecule has 2 heterocycles. The van der Waals surface area contributed by atoms with Gasteiger partial charge >= 0.3 is 0 Å². The molecule has 0 aliphatic carbocycles. The Morgan fingerprint density at radius 3 is 2.74 bits per heavy atom. The molecule has 0 unspecified atom stereocenters. The van der Waals surface area contributed by atoms with Gasteiger partial charge in [-0.25, -0.2) is 18.5 Å². The Hall–Kier alpha value is -2.69. The van der Waals surface area contributed by atoms with Gasteiger partial charge in [-0.2, -0.15) is 0 Å². The highest BCUT2D eigenvalue weighted by atomic mass is 32.2. The van der Waals surface area contributed by atoms with Crippen molar-refractivity contribution >= 4 is 33.0 Å². The highest BCUT2D eigenvalue weighted by Gasteiger charge is 2.17. The van der Waals surface area contributed by atoms with Crippen molar-refractivity contribution in [3.05, 3.63) is 47.2 Å². The van der Waals surface area contributed by atoms with Gasteiger partial charge in [-0.05, 0) is 37.3 Å². The molecule has 0 bridgehead atoms. The molecule has 0 saturated heterocycles. The van der Waals surface area contributed by atoms with Gasteiger partial charge < -0.3 is 14.5 Å². The summed E-state index contributed by atoms with van der Waals surface area (Å²) in [6.45, 7) is 1.84. The van der Waals surface area contributed by atoms with Crippen LogP contribution in [-0.4, -0.2) is 26.4 Å². The summed E-state index contributed by atoms with van der Waals surface area (Å²) in [5, 5.41) is 10.3. The molecule has 1 amide bonds. The van der Waals surface area contributed by atoms with Gasteiger partial charge in [-0.1, -0.05) is 0 Å². The van der Waals surface area contributed by atoms with Crippen molar-refractivity contribution in [2.24, 2.45) is 5.14 Å². The lowest BCUT2D eigenvalue weighted by atomic mass is 10.2. The molecule has 0 aliphatic heterocycles. The summed E-state index contributed by atoms with van der Waals surface area (Å²) < 4.78 is 33.8. The van der Waals surface area contributed by atoms with Crippen LogP contribution >= 0.6 is 11.3 Å². The highest BCUT2D eigenvalue weighted by molar-refractivity contribution is 7.89. The molecule has 1 aromatic carbocycles. The monoisotopic (exact) mass is 407 g/mol. The van der Waals surface area contributed by atoms with Crippen LogP contribution in [0, 0.1) is 6.92 Å². The third-order valence-corrected chi connectivity index (χ3v) is 5.44.